The number of carbonyl (C=O) groups excluding carboxylic acids is 1. The summed E-state index contributed by atoms with van der Waals surface area (Å²) in [6.45, 7) is 3.20. The van der Waals surface area contributed by atoms with Crippen LogP contribution in [0, 0.1) is 10.1 Å². The number of amides is 1. The van der Waals surface area contributed by atoms with Crippen LogP contribution in [0.25, 0.3) is 0 Å². The molecule has 7 heteroatoms. The van der Waals surface area contributed by atoms with Crippen LogP contribution in [0.2, 0.25) is 0 Å². The lowest BCUT2D eigenvalue weighted by Gasteiger charge is -2.05. The predicted octanol–water partition coefficient (Wildman–Crippen LogP) is 1.42. The average molecular weight is 236 g/mol. The van der Waals surface area contributed by atoms with Gasteiger partial charge in [-0.1, -0.05) is 6.58 Å². The Morgan fingerprint density at radius 3 is 2.59 bits per heavy atom. The number of hydrogen-bond donors (Lipinski definition) is 2. The first-order chi connectivity index (χ1) is 7.95. The predicted molar refractivity (Wildman–Crippen MR) is 58.9 cm³/mol. The molecular formula is C10H8N2O5. The summed E-state index contributed by atoms with van der Waals surface area (Å²) in [6, 6.07) is 3.08. The van der Waals surface area contributed by atoms with E-state index in [2.05, 4.69) is 11.9 Å². The lowest BCUT2D eigenvalue weighted by Crippen LogP contribution is -2.12. The zero-order valence-corrected chi connectivity index (χ0v) is 8.54. The second kappa shape index (κ2) is 4.88. The van der Waals surface area contributed by atoms with Gasteiger partial charge in [0.05, 0.1) is 16.2 Å². The van der Waals surface area contributed by atoms with Crippen LogP contribution in [0.3, 0.4) is 0 Å². The number of rotatable bonds is 4. The van der Waals surface area contributed by atoms with Crippen LogP contribution in [0.1, 0.15) is 10.4 Å². The highest BCUT2D eigenvalue weighted by atomic mass is 16.6. The Balaban J connectivity index is 3.24. The van der Waals surface area contributed by atoms with E-state index in [4.69, 9.17) is 5.11 Å². The number of nitrogens with zero attached hydrogens (tertiary/aromatic N) is 1. The third kappa shape index (κ3) is 2.88. The molecular weight excluding hydrogens is 228 g/mol. The Labute approximate surface area is 95.5 Å². The second-order valence-corrected chi connectivity index (χ2v) is 2.99. The van der Waals surface area contributed by atoms with Crippen molar-refractivity contribution in [3.8, 4) is 0 Å². The number of hydrogen-bond acceptors (Lipinski definition) is 4. The van der Waals surface area contributed by atoms with Gasteiger partial charge < -0.3 is 10.4 Å². The lowest BCUT2D eigenvalue weighted by atomic mass is 10.1. The number of aromatic carboxylic acids is 1. The highest BCUT2D eigenvalue weighted by Crippen LogP contribution is 2.22. The van der Waals surface area contributed by atoms with Gasteiger partial charge in [0.2, 0.25) is 5.91 Å². The molecule has 7 nitrogen and oxygen atoms in total. The molecule has 0 unspecified atom stereocenters. The number of nitrogens with one attached hydrogen (secondary N) is 1. The number of nitro groups is 1. The number of nitro benzene ring substituents is 1. The van der Waals surface area contributed by atoms with Crippen LogP contribution >= 0.6 is 0 Å². The number of carboxylic acids is 1. The van der Waals surface area contributed by atoms with Crippen LogP contribution in [0.4, 0.5) is 11.4 Å². The molecule has 0 bridgehead atoms. The third-order valence-electron chi connectivity index (χ3n) is 1.89. The molecule has 1 rings (SSSR count). The van der Waals surface area contributed by atoms with Crippen LogP contribution < -0.4 is 5.32 Å². The summed E-state index contributed by atoms with van der Waals surface area (Å²) < 4.78 is 0. The van der Waals surface area contributed by atoms with Crippen molar-refractivity contribution in [3.63, 3.8) is 0 Å². The van der Waals surface area contributed by atoms with E-state index in [1.54, 1.807) is 0 Å². The molecule has 0 radical (unpaired) electrons. The molecule has 0 aliphatic rings. The molecule has 2 N–H and O–H groups in total. The van der Waals surface area contributed by atoms with Crippen molar-refractivity contribution in [1.29, 1.82) is 0 Å². The summed E-state index contributed by atoms with van der Waals surface area (Å²) >= 11 is 0. The first-order valence-electron chi connectivity index (χ1n) is 4.41. The van der Waals surface area contributed by atoms with Crippen LogP contribution in [0.5, 0.6) is 0 Å². The van der Waals surface area contributed by atoms with Gasteiger partial charge in [-0.15, -0.1) is 0 Å². The van der Waals surface area contributed by atoms with E-state index in [1.165, 1.54) is 0 Å². The quantitative estimate of drug-likeness (QED) is 0.466. The molecule has 0 aliphatic heterocycles. The largest absolute Gasteiger partial charge is 0.478 e. The summed E-state index contributed by atoms with van der Waals surface area (Å²) in [7, 11) is 0. The van der Waals surface area contributed by atoms with Gasteiger partial charge in [0.25, 0.3) is 5.69 Å². The Hall–Kier alpha value is -2.70. The van der Waals surface area contributed by atoms with Gasteiger partial charge in [-0.2, -0.15) is 0 Å². The molecule has 0 aromatic heterocycles. The smallest absolute Gasteiger partial charge is 0.337 e. The fourth-order valence-electron chi connectivity index (χ4n) is 1.12. The van der Waals surface area contributed by atoms with Crippen molar-refractivity contribution < 1.29 is 19.6 Å². The molecule has 1 aromatic carbocycles. The molecule has 0 saturated heterocycles. The minimum atomic E-state index is -1.29. The van der Waals surface area contributed by atoms with E-state index >= 15 is 0 Å². The first kappa shape index (κ1) is 12.4. The fraction of sp³-hybridized carbons (Fsp3) is 0. The number of non-ortho nitro benzene ring substituents is 1. The first-order valence-corrected chi connectivity index (χ1v) is 4.41. The summed E-state index contributed by atoms with van der Waals surface area (Å²) in [5.41, 5.74) is -0.684. The van der Waals surface area contributed by atoms with E-state index < -0.39 is 16.8 Å². The SMILES string of the molecule is C=CC(=O)Nc1cc([N+](=O)[O-])ccc1C(=O)O. The van der Waals surface area contributed by atoms with Gasteiger partial charge in [0.1, 0.15) is 0 Å². The van der Waals surface area contributed by atoms with E-state index in [-0.39, 0.29) is 16.9 Å². The summed E-state index contributed by atoms with van der Waals surface area (Å²) in [4.78, 5) is 31.7. The van der Waals surface area contributed by atoms with Gasteiger partial charge in [-0.05, 0) is 12.1 Å². The minimum Gasteiger partial charge on any atom is -0.478 e. The summed E-state index contributed by atoms with van der Waals surface area (Å²) in [5, 5.41) is 21.5. The molecule has 0 aliphatic carbocycles. The molecule has 0 saturated carbocycles. The molecule has 1 amide bonds. The molecule has 0 atom stereocenters. The minimum absolute atomic E-state index is 0.142. The fourth-order valence-corrected chi connectivity index (χ4v) is 1.12. The molecule has 1 aromatic rings. The monoisotopic (exact) mass is 236 g/mol. The lowest BCUT2D eigenvalue weighted by molar-refractivity contribution is -0.384. The molecule has 0 spiro atoms. The van der Waals surface area contributed by atoms with Gasteiger partial charge in [-0.25, -0.2) is 4.79 Å². The standard InChI is InChI=1S/C10H8N2O5/c1-2-9(13)11-8-5-6(12(16)17)3-4-7(8)10(14)15/h2-5H,1H2,(H,11,13)(H,14,15). The van der Waals surface area contributed by atoms with Gasteiger partial charge in [0.15, 0.2) is 0 Å². The Morgan fingerprint density at radius 2 is 2.12 bits per heavy atom. The Kier molecular flexibility index (Phi) is 3.55. The zero-order chi connectivity index (χ0) is 13.0. The maximum atomic E-state index is 11.0. The van der Waals surface area contributed by atoms with Crippen LogP contribution in [0.15, 0.2) is 30.9 Å². The van der Waals surface area contributed by atoms with Crippen LogP contribution in [-0.4, -0.2) is 21.9 Å². The van der Waals surface area contributed by atoms with E-state index in [0.717, 1.165) is 24.3 Å². The number of benzene rings is 1. The average Bonchev–Trinajstić information content (AvgIpc) is 2.28. The number of anilines is 1. The maximum absolute atomic E-state index is 11.0. The van der Waals surface area contributed by atoms with E-state index in [0.29, 0.717) is 0 Å². The van der Waals surface area contributed by atoms with Crippen LogP contribution in [-0.2, 0) is 4.79 Å². The third-order valence-corrected chi connectivity index (χ3v) is 1.89. The molecule has 88 valence electrons. The Bertz CT molecular complexity index is 509. The Morgan fingerprint density at radius 1 is 1.47 bits per heavy atom. The second-order valence-electron chi connectivity index (χ2n) is 2.99. The van der Waals surface area contributed by atoms with Crippen molar-refractivity contribution in [3.05, 3.63) is 46.5 Å². The van der Waals surface area contributed by atoms with Crippen molar-refractivity contribution >= 4 is 23.3 Å². The highest BCUT2D eigenvalue weighted by Gasteiger charge is 2.16. The van der Waals surface area contributed by atoms with Gasteiger partial charge in [0, 0.05) is 12.1 Å². The van der Waals surface area contributed by atoms with E-state index in [9.17, 15) is 19.7 Å². The van der Waals surface area contributed by atoms with Gasteiger partial charge >= 0.3 is 5.97 Å². The highest BCUT2D eigenvalue weighted by molar-refractivity contribution is 6.04. The normalized spacial score (nSPS) is 9.41. The zero-order valence-electron chi connectivity index (χ0n) is 8.54. The van der Waals surface area contributed by atoms with E-state index in [1.807, 2.05) is 0 Å². The van der Waals surface area contributed by atoms with Gasteiger partial charge in [-0.3, -0.25) is 14.9 Å². The molecule has 17 heavy (non-hydrogen) atoms. The molecule has 0 heterocycles. The van der Waals surface area contributed by atoms with Crippen molar-refractivity contribution in [1.82, 2.24) is 0 Å². The summed E-state index contributed by atoms with van der Waals surface area (Å²) in [6.07, 6.45) is 0.935. The maximum Gasteiger partial charge on any atom is 0.337 e. The van der Waals surface area contributed by atoms with Crippen molar-refractivity contribution in [2.75, 3.05) is 5.32 Å². The van der Waals surface area contributed by atoms with Crippen molar-refractivity contribution in [2.45, 2.75) is 0 Å². The topological polar surface area (TPSA) is 110 Å². The van der Waals surface area contributed by atoms with Crippen molar-refractivity contribution in [2.24, 2.45) is 0 Å². The number of carboxylic acid groups (broad SMARTS) is 1. The summed E-state index contributed by atoms with van der Waals surface area (Å²) in [5.74, 6) is -1.94. The molecule has 0 fully saturated rings. The number of carbonyl (C=O) groups is 2.